The fourth-order valence-electron chi connectivity index (χ4n) is 3.44. The second-order valence-electron chi connectivity index (χ2n) is 8.59. The Kier molecular flexibility index (Phi) is 13.4. The molecule has 0 aliphatic carbocycles. The molecule has 2 aromatic carbocycles. The van der Waals surface area contributed by atoms with Crippen LogP contribution in [0.4, 0.5) is 0 Å². The second kappa shape index (κ2) is 16.3. The molecule has 0 fully saturated rings. The second-order valence-corrected chi connectivity index (χ2v) is 9.06. The first-order valence-corrected chi connectivity index (χ1v) is 12.9. The first kappa shape index (κ1) is 27.9. The maximum Gasteiger partial charge on any atom is 0.329 e. The smallest absolute Gasteiger partial charge is 0.329 e. The maximum atomic E-state index is 12.1. The van der Waals surface area contributed by atoms with Gasteiger partial charge in [0, 0.05) is 6.61 Å². The van der Waals surface area contributed by atoms with E-state index in [2.05, 4.69) is 6.58 Å². The lowest BCUT2D eigenvalue weighted by Crippen LogP contribution is -2.26. The quantitative estimate of drug-likeness (QED) is 0.0750. The Morgan fingerprint density at radius 3 is 1.97 bits per heavy atom. The minimum atomic E-state index is -0.634. The third-order valence-corrected chi connectivity index (χ3v) is 6.42. The van der Waals surface area contributed by atoms with E-state index in [9.17, 15) is 4.79 Å². The van der Waals surface area contributed by atoms with E-state index in [0.717, 1.165) is 49.4 Å². The summed E-state index contributed by atoms with van der Waals surface area (Å²) in [4.78, 5) is 12.1. The summed E-state index contributed by atoms with van der Waals surface area (Å²) in [5.74, 6) is 1.06. The number of rotatable bonds is 17. The van der Waals surface area contributed by atoms with Gasteiger partial charge in [0.1, 0.15) is 16.9 Å². The average molecular weight is 487 g/mol. The van der Waals surface area contributed by atoms with Gasteiger partial charge in [0.15, 0.2) is 0 Å². The molecule has 0 radical (unpaired) electrons. The first-order valence-electron chi connectivity index (χ1n) is 12.4. The van der Waals surface area contributed by atoms with Gasteiger partial charge < -0.3 is 14.2 Å². The van der Waals surface area contributed by atoms with Gasteiger partial charge in [-0.2, -0.15) is 0 Å². The lowest BCUT2D eigenvalue weighted by molar-refractivity contribution is -0.134. The minimum absolute atomic E-state index is 0.0761. The van der Waals surface area contributed by atoms with E-state index >= 15 is 0 Å². The van der Waals surface area contributed by atoms with Gasteiger partial charge in [-0.25, -0.2) is 0 Å². The van der Waals surface area contributed by atoms with Gasteiger partial charge in [-0.15, -0.1) is 18.2 Å². The van der Waals surface area contributed by atoms with E-state index in [1.807, 2.05) is 50.2 Å². The molecule has 2 atom stereocenters. The largest absolute Gasteiger partial charge is 0.494 e. The summed E-state index contributed by atoms with van der Waals surface area (Å²) < 4.78 is 16.7. The molecule has 2 aromatic rings. The van der Waals surface area contributed by atoms with Crippen LogP contribution >= 0.6 is 11.6 Å². The van der Waals surface area contributed by atoms with E-state index < -0.39 is 11.3 Å². The number of hydrogen-bond donors (Lipinski definition) is 0. The molecule has 0 amide bonds. The monoisotopic (exact) mass is 486 g/mol. The van der Waals surface area contributed by atoms with Crippen molar-refractivity contribution >= 4 is 17.6 Å². The molecule has 0 spiro atoms. The molecule has 2 rings (SSSR count). The van der Waals surface area contributed by atoms with Crippen LogP contribution in [-0.2, 0) is 9.53 Å². The molecule has 0 aliphatic heterocycles. The van der Waals surface area contributed by atoms with Gasteiger partial charge in [-0.1, -0.05) is 76.3 Å². The Hall–Kier alpha value is -2.30. The molecule has 2 unspecified atom stereocenters. The normalized spacial score (nSPS) is 12.7. The predicted molar refractivity (Wildman–Crippen MR) is 141 cm³/mol. The van der Waals surface area contributed by atoms with Crippen molar-refractivity contribution in [2.45, 2.75) is 64.2 Å². The summed E-state index contributed by atoms with van der Waals surface area (Å²) in [6.07, 6.45) is 9.68. The maximum absolute atomic E-state index is 12.1. The van der Waals surface area contributed by atoms with Gasteiger partial charge in [-0.05, 0) is 54.2 Å². The molecule has 4 nitrogen and oxygen atoms in total. The Bertz CT molecular complexity index is 832. The van der Waals surface area contributed by atoms with Crippen LogP contribution < -0.4 is 9.47 Å². The van der Waals surface area contributed by atoms with Crippen molar-refractivity contribution in [3.63, 3.8) is 0 Å². The van der Waals surface area contributed by atoms with Crippen molar-refractivity contribution in [1.82, 2.24) is 0 Å². The molecule has 0 aromatic heterocycles. The number of halogens is 1. The molecule has 5 heteroatoms. The highest BCUT2D eigenvalue weighted by Gasteiger charge is 2.23. The Labute approximate surface area is 210 Å². The van der Waals surface area contributed by atoms with Gasteiger partial charge in [0.05, 0.1) is 13.2 Å². The van der Waals surface area contributed by atoms with E-state index in [1.54, 1.807) is 18.2 Å². The minimum Gasteiger partial charge on any atom is -0.494 e. The summed E-state index contributed by atoms with van der Waals surface area (Å²) in [6.45, 7) is 9.81. The van der Waals surface area contributed by atoms with Crippen LogP contribution in [0.2, 0.25) is 0 Å². The van der Waals surface area contributed by atoms with Crippen LogP contribution in [0.3, 0.4) is 0 Å². The molecule has 0 saturated carbocycles. The number of carbonyl (C=O) groups excluding carboxylic acids is 1. The predicted octanol–water partition coefficient (Wildman–Crippen LogP) is 7.83. The molecule has 0 saturated heterocycles. The average Bonchev–Trinajstić information content (AvgIpc) is 2.87. The summed E-state index contributed by atoms with van der Waals surface area (Å²) in [7, 11) is 0. The Morgan fingerprint density at radius 2 is 1.41 bits per heavy atom. The number of esters is 1. The SMILES string of the molecule is C=CCOCCCCCCCCOc1ccc(-c2ccc(OC(=O)C(Cl)C(C)CC)cc2)cc1. The number of alkyl halides is 1. The molecule has 186 valence electrons. The topological polar surface area (TPSA) is 44.8 Å². The zero-order valence-electron chi connectivity index (χ0n) is 20.6. The van der Waals surface area contributed by atoms with Crippen molar-refractivity contribution in [1.29, 1.82) is 0 Å². The third-order valence-electron chi connectivity index (χ3n) is 5.82. The Morgan fingerprint density at radius 1 is 0.882 bits per heavy atom. The number of hydrogen-bond acceptors (Lipinski definition) is 4. The lowest BCUT2D eigenvalue weighted by atomic mass is 10.0. The van der Waals surface area contributed by atoms with E-state index in [1.165, 1.54) is 25.7 Å². The third kappa shape index (κ3) is 10.3. The first-order chi connectivity index (χ1) is 16.5. The number of benzene rings is 2. The highest BCUT2D eigenvalue weighted by molar-refractivity contribution is 6.30. The zero-order chi connectivity index (χ0) is 24.6. The van der Waals surface area contributed by atoms with Crippen LogP contribution in [0.15, 0.2) is 61.2 Å². The van der Waals surface area contributed by atoms with Crippen molar-refractivity contribution in [2.24, 2.45) is 5.92 Å². The Balaban J connectivity index is 1.67. The van der Waals surface area contributed by atoms with Crippen molar-refractivity contribution in [3.05, 3.63) is 61.2 Å². The summed E-state index contributed by atoms with van der Waals surface area (Å²) in [6, 6.07) is 15.6. The van der Waals surface area contributed by atoms with Gasteiger partial charge in [0.25, 0.3) is 0 Å². The summed E-state index contributed by atoms with van der Waals surface area (Å²) in [5.41, 5.74) is 2.13. The van der Waals surface area contributed by atoms with Crippen molar-refractivity contribution in [3.8, 4) is 22.6 Å². The molecular formula is C29H39ClO4. The standard InChI is InChI=1S/C29H39ClO4/c1-4-20-32-21-10-8-6-7-9-11-22-33-26-16-12-24(13-17-26)25-14-18-27(19-15-25)34-29(31)28(30)23(3)5-2/h4,12-19,23,28H,1,5-11,20-22H2,2-3H3. The van der Waals surface area contributed by atoms with Crippen LogP contribution in [0, 0.1) is 5.92 Å². The van der Waals surface area contributed by atoms with E-state index in [0.29, 0.717) is 12.4 Å². The van der Waals surface area contributed by atoms with Crippen molar-refractivity contribution < 1.29 is 19.0 Å². The molecule has 34 heavy (non-hydrogen) atoms. The molecule has 0 N–H and O–H groups in total. The fourth-order valence-corrected chi connectivity index (χ4v) is 3.66. The lowest BCUT2D eigenvalue weighted by Gasteiger charge is -2.15. The number of unbranched alkanes of at least 4 members (excludes halogenated alkanes) is 5. The van der Waals surface area contributed by atoms with Gasteiger partial charge in [0.2, 0.25) is 0 Å². The van der Waals surface area contributed by atoms with Crippen LogP contribution in [-0.4, -0.2) is 31.2 Å². The number of carbonyl (C=O) groups is 1. The van der Waals surface area contributed by atoms with Crippen molar-refractivity contribution in [2.75, 3.05) is 19.8 Å². The molecule has 0 bridgehead atoms. The zero-order valence-corrected chi connectivity index (χ0v) is 21.4. The fraction of sp³-hybridized carbons (Fsp3) is 0.483. The molecule has 0 heterocycles. The summed E-state index contributed by atoms with van der Waals surface area (Å²) >= 11 is 6.17. The van der Waals surface area contributed by atoms with E-state index in [-0.39, 0.29) is 5.92 Å². The highest BCUT2D eigenvalue weighted by Crippen LogP contribution is 2.26. The highest BCUT2D eigenvalue weighted by atomic mass is 35.5. The van der Waals surface area contributed by atoms with Crippen LogP contribution in [0.1, 0.15) is 58.8 Å². The number of ether oxygens (including phenoxy) is 3. The molecular weight excluding hydrogens is 448 g/mol. The van der Waals surface area contributed by atoms with E-state index in [4.69, 9.17) is 25.8 Å². The van der Waals surface area contributed by atoms with Crippen LogP contribution in [0.5, 0.6) is 11.5 Å². The van der Waals surface area contributed by atoms with Crippen LogP contribution in [0.25, 0.3) is 11.1 Å². The molecule has 0 aliphatic rings. The summed E-state index contributed by atoms with van der Waals surface area (Å²) in [5, 5.41) is -0.634. The van der Waals surface area contributed by atoms with Gasteiger partial charge in [-0.3, -0.25) is 4.79 Å². The van der Waals surface area contributed by atoms with Gasteiger partial charge >= 0.3 is 5.97 Å².